The maximum atomic E-state index is 13.6. The van der Waals surface area contributed by atoms with Gasteiger partial charge in [-0.05, 0) is 36.8 Å². The third-order valence-electron chi connectivity index (χ3n) is 5.11. The Labute approximate surface area is 171 Å². The fourth-order valence-electron chi connectivity index (χ4n) is 3.67. The average Bonchev–Trinajstić information content (AvgIpc) is 3.11. The van der Waals surface area contributed by atoms with E-state index in [0.717, 1.165) is 31.6 Å². The highest BCUT2D eigenvalue weighted by molar-refractivity contribution is 5.23. The van der Waals surface area contributed by atoms with Crippen LogP contribution in [0, 0.1) is 18.6 Å². The number of nitrogens with zero attached hydrogens (tertiary/aromatic N) is 1. The molecule has 0 fully saturated rings. The zero-order valence-electron chi connectivity index (χ0n) is 17.1. The van der Waals surface area contributed by atoms with Crippen LogP contribution >= 0.6 is 0 Å². The Hall–Kier alpha value is -2.50. The van der Waals surface area contributed by atoms with E-state index in [4.69, 9.17) is 4.74 Å². The highest BCUT2D eigenvalue weighted by Crippen LogP contribution is 2.10. The van der Waals surface area contributed by atoms with Crippen LogP contribution in [0.3, 0.4) is 0 Å². The lowest BCUT2D eigenvalue weighted by molar-refractivity contribution is -0.928. The van der Waals surface area contributed by atoms with Crippen molar-refractivity contribution < 1.29 is 18.4 Å². The maximum Gasteiger partial charge on any atom is 0.159 e. The lowest BCUT2D eigenvalue weighted by Gasteiger charge is -2.21. The molecule has 0 saturated carbocycles. The molecule has 0 aliphatic rings. The first-order valence-corrected chi connectivity index (χ1v) is 10.0. The van der Waals surface area contributed by atoms with E-state index < -0.39 is 11.6 Å². The van der Waals surface area contributed by atoms with Gasteiger partial charge >= 0.3 is 0 Å². The molecular weight excluding hydrogens is 370 g/mol. The number of aryl methyl sites for hydroxylation is 1. The summed E-state index contributed by atoms with van der Waals surface area (Å²) < 4.78 is 34.4. The second-order valence-electron chi connectivity index (χ2n) is 7.56. The van der Waals surface area contributed by atoms with Crippen molar-refractivity contribution in [2.24, 2.45) is 0 Å². The van der Waals surface area contributed by atoms with Crippen LogP contribution in [0.5, 0.6) is 0 Å². The van der Waals surface area contributed by atoms with Crippen molar-refractivity contribution in [3.8, 4) is 0 Å². The SMILES string of the molecule is COCCC[NH+](Cc1ccc(F)c(F)c1)Cc1cccn1Cc1cccc(C)c1. The van der Waals surface area contributed by atoms with Gasteiger partial charge in [0.1, 0.15) is 13.1 Å². The summed E-state index contributed by atoms with van der Waals surface area (Å²) in [5, 5.41) is 0. The molecule has 0 aliphatic heterocycles. The summed E-state index contributed by atoms with van der Waals surface area (Å²) in [6.07, 6.45) is 3.01. The lowest BCUT2D eigenvalue weighted by atomic mass is 10.1. The van der Waals surface area contributed by atoms with E-state index in [0.29, 0.717) is 13.2 Å². The molecule has 1 heterocycles. The molecule has 1 atom stereocenters. The van der Waals surface area contributed by atoms with Crippen LogP contribution in [-0.4, -0.2) is 24.8 Å². The smallest absolute Gasteiger partial charge is 0.159 e. The van der Waals surface area contributed by atoms with Gasteiger partial charge in [-0.1, -0.05) is 35.9 Å². The van der Waals surface area contributed by atoms with Crippen LogP contribution in [0.2, 0.25) is 0 Å². The van der Waals surface area contributed by atoms with Gasteiger partial charge in [-0.25, -0.2) is 8.78 Å². The Bertz CT molecular complexity index is 923. The summed E-state index contributed by atoms with van der Waals surface area (Å²) in [6, 6.07) is 16.9. The number of rotatable bonds is 10. The van der Waals surface area contributed by atoms with Gasteiger partial charge in [-0.15, -0.1) is 0 Å². The Balaban J connectivity index is 1.73. The molecular formula is C24H29F2N2O+. The van der Waals surface area contributed by atoms with E-state index in [1.807, 2.05) is 0 Å². The van der Waals surface area contributed by atoms with Gasteiger partial charge in [0.2, 0.25) is 0 Å². The first-order chi connectivity index (χ1) is 14.0. The molecule has 2 aromatic carbocycles. The molecule has 1 aromatic heterocycles. The summed E-state index contributed by atoms with van der Waals surface area (Å²) in [4.78, 5) is 1.29. The summed E-state index contributed by atoms with van der Waals surface area (Å²) in [6.45, 7) is 5.94. The number of methoxy groups -OCH3 is 1. The van der Waals surface area contributed by atoms with Crippen molar-refractivity contribution in [3.63, 3.8) is 0 Å². The molecule has 0 radical (unpaired) electrons. The quantitative estimate of drug-likeness (QED) is 0.515. The topological polar surface area (TPSA) is 18.6 Å². The molecule has 29 heavy (non-hydrogen) atoms. The molecule has 1 unspecified atom stereocenters. The zero-order valence-corrected chi connectivity index (χ0v) is 17.1. The van der Waals surface area contributed by atoms with E-state index in [-0.39, 0.29) is 0 Å². The van der Waals surface area contributed by atoms with E-state index in [1.54, 1.807) is 13.2 Å². The molecule has 3 aromatic rings. The van der Waals surface area contributed by atoms with Crippen molar-refractivity contribution in [1.29, 1.82) is 0 Å². The highest BCUT2D eigenvalue weighted by Gasteiger charge is 2.15. The van der Waals surface area contributed by atoms with Crippen LogP contribution in [0.1, 0.15) is 28.8 Å². The number of ether oxygens (including phenoxy) is 1. The van der Waals surface area contributed by atoms with Gasteiger partial charge < -0.3 is 14.2 Å². The molecule has 0 amide bonds. The molecule has 3 rings (SSSR count). The normalized spacial score (nSPS) is 12.3. The third-order valence-corrected chi connectivity index (χ3v) is 5.11. The Morgan fingerprint density at radius 3 is 2.55 bits per heavy atom. The van der Waals surface area contributed by atoms with Crippen LogP contribution in [0.15, 0.2) is 60.8 Å². The summed E-state index contributed by atoms with van der Waals surface area (Å²) in [5.41, 5.74) is 4.54. The molecule has 5 heteroatoms. The lowest BCUT2D eigenvalue weighted by Crippen LogP contribution is -3.09. The third kappa shape index (κ3) is 6.24. The summed E-state index contributed by atoms with van der Waals surface area (Å²) in [7, 11) is 1.70. The van der Waals surface area contributed by atoms with Crippen LogP contribution in [0.25, 0.3) is 0 Å². The van der Waals surface area contributed by atoms with E-state index >= 15 is 0 Å². The minimum absolute atomic E-state index is 0.635. The molecule has 0 bridgehead atoms. The zero-order chi connectivity index (χ0) is 20.6. The highest BCUT2D eigenvalue weighted by atomic mass is 19.2. The molecule has 1 N–H and O–H groups in total. The Kier molecular flexibility index (Phi) is 7.55. The second-order valence-corrected chi connectivity index (χ2v) is 7.56. The minimum atomic E-state index is -0.804. The Morgan fingerprint density at radius 2 is 1.79 bits per heavy atom. The fraction of sp³-hybridized carbons (Fsp3) is 0.333. The van der Waals surface area contributed by atoms with Gasteiger partial charge in [0.15, 0.2) is 11.6 Å². The minimum Gasteiger partial charge on any atom is -0.384 e. The number of halogens is 2. The van der Waals surface area contributed by atoms with Gasteiger partial charge in [-0.3, -0.25) is 0 Å². The molecule has 0 saturated heterocycles. The largest absolute Gasteiger partial charge is 0.384 e. The molecule has 3 nitrogen and oxygen atoms in total. The van der Waals surface area contributed by atoms with Crippen molar-refractivity contribution >= 4 is 0 Å². The summed E-state index contributed by atoms with van der Waals surface area (Å²) >= 11 is 0. The number of quaternary nitrogens is 1. The standard InChI is InChI=1S/C24H28F2N2O/c1-19-6-3-7-20(14-19)17-28-12-4-8-22(28)18-27(11-5-13-29-2)16-21-9-10-23(25)24(26)15-21/h3-4,6-10,12,14-15H,5,11,13,16-18H2,1-2H3/p+1. The van der Waals surface area contributed by atoms with Crippen molar-refractivity contribution in [2.75, 3.05) is 20.3 Å². The first-order valence-electron chi connectivity index (χ1n) is 10.0. The Morgan fingerprint density at radius 1 is 0.931 bits per heavy atom. The van der Waals surface area contributed by atoms with E-state index in [9.17, 15) is 8.78 Å². The van der Waals surface area contributed by atoms with Crippen LogP contribution < -0.4 is 4.90 Å². The fourth-order valence-corrected chi connectivity index (χ4v) is 3.67. The molecule has 0 aliphatic carbocycles. The second kappa shape index (κ2) is 10.3. The van der Waals surface area contributed by atoms with Crippen molar-refractivity contribution in [3.05, 3.63) is 94.8 Å². The number of hydrogen-bond donors (Lipinski definition) is 1. The van der Waals surface area contributed by atoms with Gasteiger partial charge in [0.05, 0.1) is 18.8 Å². The molecule has 154 valence electrons. The first kappa shape index (κ1) is 21.2. The van der Waals surface area contributed by atoms with Crippen molar-refractivity contribution in [2.45, 2.75) is 33.0 Å². The number of benzene rings is 2. The maximum absolute atomic E-state index is 13.6. The van der Waals surface area contributed by atoms with E-state index in [1.165, 1.54) is 33.9 Å². The number of hydrogen-bond acceptors (Lipinski definition) is 1. The summed E-state index contributed by atoms with van der Waals surface area (Å²) in [5.74, 6) is -1.59. The van der Waals surface area contributed by atoms with Crippen molar-refractivity contribution in [1.82, 2.24) is 4.57 Å². The van der Waals surface area contributed by atoms with Gasteiger partial charge in [0.25, 0.3) is 0 Å². The van der Waals surface area contributed by atoms with Gasteiger partial charge in [0, 0.05) is 31.8 Å². The van der Waals surface area contributed by atoms with Crippen LogP contribution in [-0.2, 0) is 24.4 Å². The monoisotopic (exact) mass is 399 g/mol. The average molecular weight is 400 g/mol. The van der Waals surface area contributed by atoms with Gasteiger partial charge in [-0.2, -0.15) is 0 Å². The molecule has 0 spiro atoms. The van der Waals surface area contributed by atoms with Crippen LogP contribution in [0.4, 0.5) is 8.78 Å². The van der Waals surface area contributed by atoms with E-state index in [2.05, 4.69) is 54.1 Å². The predicted molar refractivity (Wildman–Crippen MR) is 111 cm³/mol. The number of aromatic nitrogens is 1. The predicted octanol–water partition coefficient (Wildman–Crippen LogP) is 3.74. The number of nitrogens with one attached hydrogen (secondary N) is 1.